The van der Waals surface area contributed by atoms with E-state index in [9.17, 15) is 4.79 Å². The molecule has 1 amide bonds. The van der Waals surface area contributed by atoms with Crippen LogP contribution in [0.25, 0.3) is 10.2 Å². The molecular formula is C18H17BrN4OS2. The number of aromatic nitrogens is 2. The quantitative estimate of drug-likeness (QED) is 0.447. The largest absolute Gasteiger partial charge is 0.356 e. The van der Waals surface area contributed by atoms with Crippen LogP contribution in [0.1, 0.15) is 22.5 Å². The third kappa shape index (κ3) is 3.58. The van der Waals surface area contributed by atoms with Crippen molar-refractivity contribution in [2.24, 2.45) is 0 Å². The van der Waals surface area contributed by atoms with E-state index in [1.165, 1.54) is 35.9 Å². The number of rotatable bonds is 4. The van der Waals surface area contributed by atoms with Gasteiger partial charge in [0.25, 0.3) is 5.91 Å². The van der Waals surface area contributed by atoms with Gasteiger partial charge in [0.15, 0.2) is 5.16 Å². The Morgan fingerprint density at radius 2 is 2.08 bits per heavy atom. The molecule has 0 bridgehead atoms. The fourth-order valence-electron chi connectivity index (χ4n) is 3.02. The summed E-state index contributed by atoms with van der Waals surface area (Å²) >= 11 is 6.37. The molecule has 3 aromatic rings. The summed E-state index contributed by atoms with van der Waals surface area (Å²) < 4.78 is 0.929. The Labute approximate surface area is 168 Å². The number of hydrogen-bond acceptors (Lipinski definition) is 6. The highest BCUT2D eigenvalue weighted by molar-refractivity contribution is 9.10. The summed E-state index contributed by atoms with van der Waals surface area (Å²) in [6.07, 6.45) is 4.34. The number of nitrogens with one attached hydrogen (secondary N) is 1. The number of fused-ring (bicyclic) bond motifs is 1. The van der Waals surface area contributed by atoms with Crippen LogP contribution >= 0.6 is 39.0 Å². The molecular weight excluding hydrogens is 432 g/mol. The third-order valence-electron chi connectivity index (χ3n) is 4.25. The Bertz CT molecular complexity index is 969. The maximum absolute atomic E-state index is 12.7. The predicted molar refractivity (Wildman–Crippen MR) is 113 cm³/mol. The fourth-order valence-corrected chi connectivity index (χ4v) is 4.76. The maximum Gasteiger partial charge on any atom is 0.265 e. The first kappa shape index (κ1) is 17.8. The molecule has 1 N–H and O–H groups in total. The zero-order chi connectivity index (χ0) is 18.1. The number of nitrogens with zero attached hydrogens (tertiary/aromatic N) is 3. The van der Waals surface area contributed by atoms with Crippen LogP contribution in [0, 0.1) is 0 Å². The van der Waals surface area contributed by atoms with Crippen molar-refractivity contribution in [2.45, 2.75) is 18.0 Å². The van der Waals surface area contributed by atoms with Gasteiger partial charge in [0, 0.05) is 23.2 Å². The van der Waals surface area contributed by atoms with Gasteiger partial charge >= 0.3 is 0 Å². The van der Waals surface area contributed by atoms with Crippen molar-refractivity contribution in [1.29, 1.82) is 0 Å². The highest BCUT2D eigenvalue weighted by atomic mass is 79.9. The summed E-state index contributed by atoms with van der Waals surface area (Å²) in [6, 6.07) is 9.50. The SMILES string of the molecule is CSc1nc(N2CCCC2)c2cc(C(=O)Nc3cccc(Br)c3)sc2n1. The molecule has 2 aromatic heterocycles. The Morgan fingerprint density at radius 1 is 1.27 bits per heavy atom. The average Bonchev–Trinajstić information content (AvgIpc) is 3.30. The summed E-state index contributed by atoms with van der Waals surface area (Å²) in [7, 11) is 0. The summed E-state index contributed by atoms with van der Waals surface area (Å²) in [5.41, 5.74) is 0.762. The smallest absolute Gasteiger partial charge is 0.265 e. The lowest BCUT2D eigenvalue weighted by atomic mass is 10.3. The zero-order valence-electron chi connectivity index (χ0n) is 14.2. The molecule has 8 heteroatoms. The van der Waals surface area contributed by atoms with E-state index in [1.54, 1.807) is 0 Å². The summed E-state index contributed by atoms with van der Waals surface area (Å²) in [6.45, 7) is 2.02. The van der Waals surface area contributed by atoms with Crippen molar-refractivity contribution in [3.8, 4) is 0 Å². The lowest BCUT2D eigenvalue weighted by molar-refractivity contribution is 0.103. The van der Waals surface area contributed by atoms with E-state index in [0.717, 1.165) is 44.4 Å². The van der Waals surface area contributed by atoms with Gasteiger partial charge < -0.3 is 10.2 Å². The molecule has 0 unspecified atom stereocenters. The van der Waals surface area contributed by atoms with Crippen LogP contribution in [0.5, 0.6) is 0 Å². The summed E-state index contributed by atoms with van der Waals surface area (Å²) in [5, 5.41) is 4.67. The van der Waals surface area contributed by atoms with Crippen molar-refractivity contribution in [3.05, 3.63) is 39.7 Å². The number of hydrogen-bond donors (Lipinski definition) is 1. The molecule has 4 rings (SSSR count). The minimum Gasteiger partial charge on any atom is -0.356 e. The van der Waals surface area contributed by atoms with E-state index in [0.29, 0.717) is 4.88 Å². The van der Waals surface area contributed by atoms with Gasteiger partial charge in [-0.15, -0.1) is 11.3 Å². The Kier molecular flexibility index (Phi) is 5.15. The molecule has 1 fully saturated rings. The topological polar surface area (TPSA) is 58.1 Å². The fraction of sp³-hybridized carbons (Fsp3) is 0.278. The van der Waals surface area contributed by atoms with Crippen LogP contribution in [-0.4, -0.2) is 35.2 Å². The number of anilines is 2. The standard InChI is InChI=1S/C18H17BrN4OS2/c1-25-18-21-15(23-7-2-3-8-23)13-10-14(26-17(13)22-18)16(24)20-12-6-4-5-11(19)9-12/h4-6,9-10H,2-3,7-8H2,1H3,(H,20,24). The molecule has 0 saturated carbocycles. The minimum absolute atomic E-state index is 0.121. The van der Waals surface area contributed by atoms with E-state index in [2.05, 4.69) is 31.1 Å². The van der Waals surface area contributed by atoms with E-state index >= 15 is 0 Å². The molecule has 0 radical (unpaired) electrons. The predicted octanol–water partition coefficient (Wildman–Crippen LogP) is 5.03. The van der Waals surface area contributed by atoms with E-state index in [4.69, 9.17) is 4.98 Å². The number of carbonyl (C=O) groups is 1. The van der Waals surface area contributed by atoms with Crippen LogP contribution < -0.4 is 10.2 Å². The molecule has 0 spiro atoms. The normalized spacial score (nSPS) is 14.2. The Hall–Kier alpha value is -1.64. The molecule has 26 heavy (non-hydrogen) atoms. The van der Waals surface area contributed by atoms with Crippen LogP contribution in [0.4, 0.5) is 11.5 Å². The van der Waals surface area contributed by atoms with Crippen LogP contribution in [0.3, 0.4) is 0 Å². The van der Waals surface area contributed by atoms with Gasteiger partial charge in [-0.3, -0.25) is 4.79 Å². The molecule has 5 nitrogen and oxygen atoms in total. The molecule has 3 heterocycles. The van der Waals surface area contributed by atoms with Gasteiger partial charge in [-0.05, 0) is 43.4 Å². The summed E-state index contributed by atoms with van der Waals surface area (Å²) in [4.78, 5) is 25.8. The van der Waals surface area contributed by atoms with Crippen molar-refractivity contribution in [3.63, 3.8) is 0 Å². The van der Waals surface area contributed by atoms with Gasteiger partial charge in [-0.25, -0.2) is 9.97 Å². The second-order valence-corrected chi connectivity index (χ2v) is 8.74. The van der Waals surface area contributed by atoms with Crippen molar-refractivity contribution in [2.75, 3.05) is 29.6 Å². The van der Waals surface area contributed by atoms with Gasteiger partial charge in [0.05, 0.1) is 10.3 Å². The number of halogens is 1. The van der Waals surface area contributed by atoms with Gasteiger partial charge in [0.2, 0.25) is 0 Å². The molecule has 1 aliphatic rings. The zero-order valence-corrected chi connectivity index (χ0v) is 17.4. The van der Waals surface area contributed by atoms with Crippen LogP contribution in [0.15, 0.2) is 40.0 Å². The molecule has 1 saturated heterocycles. The first-order chi connectivity index (χ1) is 12.6. The summed E-state index contributed by atoms with van der Waals surface area (Å²) in [5.74, 6) is 0.832. The molecule has 0 atom stereocenters. The number of amides is 1. The highest BCUT2D eigenvalue weighted by Crippen LogP contribution is 2.34. The Balaban J connectivity index is 1.70. The second-order valence-electron chi connectivity index (χ2n) is 6.02. The molecule has 134 valence electrons. The number of thioether (sulfide) groups is 1. The van der Waals surface area contributed by atoms with Crippen LogP contribution in [0.2, 0.25) is 0 Å². The highest BCUT2D eigenvalue weighted by Gasteiger charge is 2.21. The molecule has 1 aliphatic heterocycles. The number of thiophene rings is 1. The van der Waals surface area contributed by atoms with Gasteiger partial charge in [-0.2, -0.15) is 0 Å². The first-order valence-corrected chi connectivity index (χ1v) is 11.1. The number of benzene rings is 1. The lowest BCUT2D eigenvalue weighted by Gasteiger charge is -2.17. The number of carbonyl (C=O) groups excluding carboxylic acids is 1. The minimum atomic E-state index is -0.121. The average molecular weight is 449 g/mol. The second kappa shape index (κ2) is 7.54. The molecule has 1 aromatic carbocycles. The van der Waals surface area contributed by atoms with Gasteiger partial charge in [-0.1, -0.05) is 33.8 Å². The maximum atomic E-state index is 12.7. The van der Waals surface area contributed by atoms with Crippen molar-refractivity contribution in [1.82, 2.24) is 9.97 Å². The van der Waals surface area contributed by atoms with E-state index in [-0.39, 0.29) is 5.91 Å². The molecule has 0 aliphatic carbocycles. The van der Waals surface area contributed by atoms with E-state index in [1.807, 2.05) is 36.6 Å². The third-order valence-corrected chi connectivity index (χ3v) is 6.32. The van der Waals surface area contributed by atoms with Crippen LogP contribution in [-0.2, 0) is 0 Å². The van der Waals surface area contributed by atoms with Crippen molar-refractivity contribution >= 4 is 66.7 Å². The first-order valence-electron chi connectivity index (χ1n) is 8.31. The van der Waals surface area contributed by atoms with E-state index < -0.39 is 0 Å². The monoisotopic (exact) mass is 448 g/mol. The van der Waals surface area contributed by atoms with Crippen molar-refractivity contribution < 1.29 is 4.79 Å². The Morgan fingerprint density at radius 3 is 2.81 bits per heavy atom. The lowest BCUT2D eigenvalue weighted by Crippen LogP contribution is -2.19. The van der Waals surface area contributed by atoms with Gasteiger partial charge in [0.1, 0.15) is 10.6 Å².